The highest BCUT2D eigenvalue weighted by Gasteiger charge is 2.28. The number of aryl methyl sites for hydroxylation is 1. The number of pyridine rings is 1. The number of halogens is 1. The molecule has 1 unspecified atom stereocenters. The fraction of sp³-hybridized carbons (Fsp3) is 0.407. The Hall–Kier alpha value is -2.77. The Morgan fingerprint density at radius 1 is 1.15 bits per heavy atom. The smallest absolute Gasteiger partial charge is 0.343 e. The molecule has 1 aromatic heterocycles. The van der Waals surface area contributed by atoms with Gasteiger partial charge in [0.05, 0.1) is 18.2 Å². The Kier molecular flexibility index (Phi) is 7.78. The lowest BCUT2D eigenvalue weighted by atomic mass is 9.84. The maximum atomic E-state index is 15.4. The van der Waals surface area contributed by atoms with E-state index in [9.17, 15) is 9.59 Å². The number of aromatic nitrogens is 1. The Morgan fingerprint density at radius 2 is 1.85 bits per heavy atom. The molecule has 1 radical (unpaired) electrons. The van der Waals surface area contributed by atoms with E-state index >= 15 is 4.39 Å². The van der Waals surface area contributed by atoms with E-state index in [1.807, 2.05) is 31.2 Å². The summed E-state index contributed by atoms with van der Waals surface area (Å²) in [6.45, 7) is 14.8. The molecule has 3 rings (SSSR count). The fourth-order valence-corrected chi connectivity index (χ4v) is 5.06. The average Bonchev–Trinajstić information content (AvgIpc) is 2.77. The quantitative estimate of drug-likeness (QED) is 0.290. The second-order valence-corrected chi connectivity index (χ2v) is 11.7. The van der Waals surface area contributed by atoms with Crippen LogP contribution in [0.25, 0.3) is 22.0 Å². The largest absolute Gasteiger partial charge is 0.462 e. The molecule has 5 nitrogen and oxygen atoms in total. The second kappa shape index (κ2) is 10.2. The summed E-state index contributed by atoms with van der Waals surface area (Å²) in [5.41, 5.74) is 1.91. The molecule has 0 fully saturated rings. The monoisotopic (exact) mass is 482 g/mol. The van der Waals surface area contributed by atoms with Crippen molar-refractivity contribution in [1.82, 2.24) is 4.57 Å². The number of nitrogens with zero attached hydrogens (tertiary/aromatic N) is 1. The summed E-state index contributed by atoms with van der Waals surface area (Å²) < 4.78 is 28.5. The maximum absolute atomic E-state index is 15.4. The minimum atomic E-state index is -0.955. The summed E-state index contributed by atoms with van der Waals surface area (Å²) in [5, 5.41) is 0.157. The van der Waals surface area contributed by atoms with Crippen LogP contribution in [0.15, 0.2) is 47.4 Å². The number of rotatable bonds is 7. The highest BCUT2D eigenvalue weighted by molar-refractivity contribution is 6.48. The number of esters is 1. The molecule has 1 atom stereocenters. The Bertz CT molecular complexity index is 1260. The van der Waals surface area contributed by atoms with Gasteiger partial charge in [0.25, 0.3) is 0 Å². The van der Waals surface area contributed by atoms with Gasteiger partial charge in [-0.3, -0.25) is 4.79 Å². The summed E-state index contributed by atoms with van der Waals surface area (Å²) in [7, 11) is -0.955. The van der Waals surface area contributed by atoms with E-state index in [0.717, 1.165) is 5.56 Å². The van der Waals surface area contributed by atoms with Crippen LogP contribution >= 0.6 is 0 Å². The lowest BCUT2D eigenvalue weighted by Crippen LogP contribution is -2.25. The van der Waals surface area contributed by atoms with Gasteiger partial charge in [0.15, 0.2) is 0 Å². The number of ether oxygens (including phenoxy) is 1. The van der Waals surface area contributed by atoms with Crippen molar-refractivity contribution < 1.29 is 18.3 Å². The summed E-state index contributed by atoms with van der Waals surface area (Å²) >= 11 is 0. The van der Waals surface area contributed by atoms with Crippen LogP contribution in [0.4, 0.5) is 4.39 Å². The lowest BCUT2D eigenvalue weighted by Gasteiger charge is -2.33. The van der Waals surface area contributed by atoms with Crippen molar-refractivity contribution >= 4 is 25.9 Å². The average molecular weight is 483 g/mol. The van der Waals surface area contributed by atoms with Gasteiger partial charge < -0.3 is 13.7 Å². The van der Waals surface area contributed by atoms with E-state index in [0.29, 0.717) is 23.2 Å². The number of carbonyl (C=O) groups is 1. The molecule has 0 saturated carbocycles. The zero-order chi connectivity index (χ0) is 25.2. The first kappa shape index (κ1) is 25.8. The van der Waals surface area contributed by atoms with Crippen molar-refractivity contribution in [3.63, 3.8) is 0 Å². The van der Waals surface area contributed by atoms with Crippen molar-refractivity contribution in [3.05, 3.63) is 69.8 Å². The molecule has 34 heavy (non-hydrogen) atoms. The van der Waals surface area contributed by atoms with Crippen LogP contribution in [0.5, 0.6) is 0 Å². The van der Waals surface area contributed by atoms with Crippen LogP contribution in [-0.4, -0.2) is 26.2 Å². The normalized spacial score (nSPS) is 12.9. The SMILES string of the molecule is CCOC(=O)c1cn(CC)c2cc(-c3cccc(C(O[Si](C)C)C(C)(C)C)c3)c(F)cc2c1=O. The van der Waals surface area contributed by atoms with Gasteiger partial charge >= 0.3 is 5.97 Å². The van der Waals surface area contributed by atoms with Crippen molar-refractivity contribution in [2.24, 2.45) is 5.41 Å². The van der Waals surface area contributed by atoms with Gasteiger partial charge in [-0.1, -0.05) is 39.0 Å². The minimum Gasteiger partial charge on any atom is -0.462 e. The number of fused-ring (bicyclic) bond motifs is 1. The molecule has 0 N–H and O–H groups in total. The Labute approximate surface area is 202 Å². The third-order valence-corrected chi connectivity index (χ3v) is 6.35. The fourth-order valence-electron chi connectivity index (χ4n) is 4.10. The summed E-state index contributed by atoms with van der Waals surface area (Å²) in [6.07, 6.45) is 1.37. The van der Waals surface area contributed by atoms with E-state index in [4.69, 9.17) is 9.16 Å². The zero-order valence-corrected chi connectivity index (χ0v) is 22.0. The molecule has 1 heterocycles. The minimum absolute atomic E-state index is 0.0905. The van der Waals surface area contributed by atoms with Crippen molar-refractivity contribution in [2.75, 3.05) is 6.61 Å². The Balaban J connectivity index is 2.19. The molecular formula is C27H33FNO4Si. The molecule has 181 valence electrons. The van der Waals surface area contributed by atoms with Gasteiger partial charge in [0.1, 0.15) is 11.4 Å². The predicted molar refractivity (Wildman–Crippen MR) is 136 cm³/mol. The topological polar surface area (TPSA) is 57.5 Å². The van der Waals surface area contributed by atoms with E-state index in [-0.39, 0.29) is 29.1 Å². The zero-order valence-electron chi connectivity index (χ0n) is 21.0. The highest BCUT2D eigenvalue weighted by atomic mass is 28.3. The van der Waals surface area contributed by atoms with Gasteiger partial charge in [-0.2, -0.15) is 0 Å². The lowest BCUT2D eigenvalue weighted by molar-refractivity contribution is 0.0524. The van der Waals surface area contributed by atoms with E-state index < -0.39 is 26.3 Å². The molecule has 0 amide bonds. The molecule has 0 aliphatic heterocycles. The van der Waals surface area contributed by atoms with Crippen LogP contribution in [0.2, 0.25) is 13.1 Å². The first-order chi connectivity index (χ1) is 16.0. The molecule has 0 spiro atoms. The molecule has 0 bridgehead atoms. The molecule has 0 aliphatic carbocycles. The number of benzene rings is 2. The van der Waals surface area contributed by atoms with E-state index in [1.165, 1.54) is 12.3 Å². The summed E-state index contributed by atoms with van der Waals surface area (Å²) in [4.78, 5) is 25.2. The van der Waals surface area contributed by atoms with Crippen molar-refractivity contribution in [3.8, 4) is 11.1 Å². The van der Waals surface area contributed by atoms with E-state index in [2.05, 4.69) is 33.9 Å². The van der Waals surface area contributed by atoms with Crippen LogP contribution in [0.3, 0.4) is 0 Å². The van der Waals surface area contributed by atoms with Gasteiger partial charge in [-0.05, 0) is 61.7 Å². The van der Waals surface area contributed by atoms with E-state index in [1.54, 1.807) is 17.6 Å². The van der Waals surface area contributed by atoms with Crippen LogP contribution in [-0.2, 0) is 15.7 Å². The molecule has 7 heteroatoms. The highest BCUT2D eigenvalue weighted by Crippen LogP contribution is 2.38. The van der Waals surface area contributed by atoms with Crippen LogP contribution < -0.4 is 5.43 Å². The van der Waals surface area contributed by atoms with Gasteiger partial charge in [-0.15, -0.1) is 0 Å². The number of hydrogen-bond donors (Lipinski definition) is 0. The summed E-state index contributed by atoms with van der Waals surface area (Å²) in [6, 6.07) is 10.7. The second-order valence-electron chi connectivity index (χ2n) is 9.63. The number of carbonyl (C=O) groups excluding carboxylic acids is 1. The van der Waals surface area contributed by atoms with Crippen molar-refractivity contribution in [1.29, 1.82) is 0 Å². The molecule has 0 aliphatic rings. The first-order valence-corrected chi connectivity index (χ1v) is 14.0. The standard InChI is InChI=1S/C27H33FNO4Si/c1-8-29-16-21(26(31)32-9-2)24(30)20-14-22(28)19(15-23(20)29)17-11-10-12-18(13-17)25(27(3,4)5)33-34(6)7/h10-16,25H,8-9H2,1-7H3. The van der Waals surface area contributed by atoms with Gasteiger partial charge in [0, 0.05) is 23.7 Å². The Morgan fingerprint density at radius 3 is 2.44 bits per heavy atom. The van der Waals surface area contributed by atoms with Crippen LogP contribution in [0, 0.1) is 11.2 Å². The van der Waals surface area contributed by atoms with Crippen LogP contribution in [0.1, 0.15) is 56.6 Å². The molecule has 2 aromatic carbocycles. The predicted octanol–water partition coefficient (Wildman–Crippen LogP) is 6.36. The number of hydrogen-bond acceptors (Lipinski definition) is 4. The van der Waals surface area contributed by atoms with Crippen molar-refractivity contribution in [2.45, 2.75) is 60.4 Å². The van der Waals surface area contributed by atoms with Gasteiger partial charge in [0.2, 0.25) is 14.5 Å². The third kappa shape index (κ3) is 5.31. The summed E-state index contributed by atoms with van der Waals surface area (Å²) in [5.74, 6) is -1.22. The maximum Gasteiger partial charge on any atom is 0.343 e. The molecule has 0 saturated heterocycles. The first-order valence-electron chi connectivity index (χ1n) is 11.6. The van der Waals surface area contributed by atoms with Gasteiger partial charge in [-0.25, -0.2) is 9.18 Å². The third-order valence-electron chi connectivity index (χ3n) is 5.65. The molecule has 3 aromatic rings. The molecular weight excluding hydrogens is 449 g/mol.